The van der Waals surface area contributed by atoms with Crippen molar-refractivity contribution >= 4 is 55.1 Å². The molecule has 0 fully saturated rings. The normalized spacial score (nSPS) is 14.0. The summed E-state index contributed by atoms with van der Waals surface area (Å²) in [7, 11) is -3.82. The molecular formula is C21H23N5O3S3. The second kappa shape index (κ2) is 9.23. The summed E-state index contributed by atoms with van der Waals surface area (Å²) >= 11 is 2.78. The van der Waals surface area contributed by atoms with Crippen LogP contribution >= 0.6 is 23.1 Å². The van der Waals surface area contributed by atoms with Gasteiger partial charge in [0.05, 0.1) is 27.2 Å². The summed E-state index contributed by atoms with van der Waals surface area (Å²) in [4.78, 5) is 18.4. The van der Waals surface area contributed by atoms with E-state index >= 15 is 0 Å². The van der Waals surface area contributed by atoms with Gasteiger partial charge in [0.15, 0.2) is 5.16 Å². The summed E-state index contributed by atoms with van der Waals surface area (Å²) in [5, 5.41) is 19.0. The maximum absolute atomic E-state index is 12.7. The van der Waals surface area contributed by atoms with Crippen LogP contribution in [0.15, 0.2) is 28.3 Å². The molecule has 168 valence electrons. The predicted octanol–water partition coefficient (Wildman–Crippen LogP) is 3.64. The topological polar surface area (TPSA) is 131 Å². The van der Waals surface area contributed by atoms with Crippen molar-refractivity contribution in [1.82, 2.24) is 9.55 Å². The summed E-state index contributed by atoms with van der Waals surface area (Å²) in [5.41, 5.74) is 2.98. The zero-order valence-corrected chi connectivity index (χ0v) is 20.0. The highest BCUT2D eigenvalue weighted by Crippen LogP contribution is 2.37. The van der Waals surface area contributed by atoms with Crippen molar-refractivity contribution in [2.75, 3.05) is 11.1 Å². The van der Waals surface area contributed by atoms with Crippen LogP contribution < -0.4 is 10.5 Å². The lowest BCUT2D eigenvalue weighted by Crippen LogP contribution is -2.14. The number of amides is 1. The number of thiophene rings is 1. The minimum atomic E-state index is -3.82. The number of fused-ring (bicyclic) bond motifs is 2. The van der Waals surface area contributed by atoms with Crippen LogP contribution in [0.5, 0.6) is 0 Å². The third kappa shape index (κ3) is 4.54. The fourth-order valence-electron chi connectivity index (χ4n) is 3.92. The Morgan fingerprint density at radius 3 is 2.84 bits per heavy atom. The third-order valence-electron chi connectivity index (χ3n) is 5.45. The van der Waals surface area contributed by atoms with Crippen molar-refractivity contribution in [2.45, 2.75) is 55.6 Å². The largest absolute Gasteiger partial charge is 0.319 e. The first kappa shape index (κ1) is 22.8. The lowest BCUT2D eigenvalue weighted by atomic mass is 10.1. The average molecular weight is 490 g/mol. The molecule has 0 unspecified atom stereocenters. The molecule has 2 aromatic heterocycles. The predicted molar refractivity (Wildman–Crippen MR) is 126 cm³/mol. The number of carbonyl (C=O) groups is 1. The van der Waals surface area contributed by atoms with Gasteiger partial charge in [-0.05, 0) is 56.4 Å². The molecule has 8 nitrogen and oxygen atoms in total. The molecule has 11 heteroatoms. The number of aromatic nitrogens is 2. The Balaban J connectivity index is 1.51. The number of thioether (sulfide) groups is 1. The molecular weight excluding hydrogens is 466 g/mol. The second-order valence-electron chi connectivity index (χ2n) is 7.55. The molecule has 3 N–H and O–H groups in total. The van der Waals surface area contributed by atoms with Crippen LogP contribution in [-0.4, -0.2) is 29.6 Å². The summed E-state index contributed by atoms with van der Waals surface area (Å²) < 4.78 is 25.2. The number of hydrogen-bond acceptors (Lipinski definition) is 7. The molecule has 0 aliphatic heterocycles. The van der Waals surface area contributed by atoms with E-state index in [0.717, 1.165) is 36.8 Å². The molecule has 0 saturated heterocycles. The number of nitrogens with one attached hydrogen (secondary N) is 1. The Bertz CT molecular complexity index is 1330. The number of rotatable bonds is 6. The van der Waals surface area contributed by atoms with Gasteiger partial charge in [0.25, 0.3) is 0 Å². The first-order valence-electron chi connectivity index (χ1n) is 10.3. The van der Waals surface area contributed by atoms with E-state index in [1.165, 1.54) is 46.5 Å². The number of primary sulfonamides is 1. The zero-order valence-electron chi connectivity index (χ0n) is 17.6. The summed E-state index contributed by atoms with van der Waals surface area (Å²) in [6.45, 7) is 2.57. The molecule has 4 rings (SSSR count). The number of aryl methyl sites for hydroxylation is 2. The number of imidazole rings is 1. The SMILES string of the molecule is CCn1c(SCC(=O)Nc2sc3c(c2C#N)CCCCC3)nc2cc(S(N)(=O)=O)ccc21. The van der Waals surface area contributed by atoms with Crippen molar-refractivity contribution < 1.29 is 13.2 Å². The highest BCUT2D eigenvalue weighted by molar-refractivity contribution is 7.99. The molecule has 0 saturated carbocycles. The molecule has 0 atom stereocenters. The molecule has 3 aromatic rings. The number of nitrogens with two attached hydrogens (primary N) is 1. The maximum Gasteiger partial charge on any atom is 0.238 e. The van der Waals surface area contributed by atoms with Crippen molar-refractivity contribution in [1.29, 1.82) is 5.26 Å². The van der Waals surface area contributed by atoms with E-state index in [0.29, 0.717) is 27.8 Å². The molecule has 0 bridgehead atoms. The van der Waals surface area contributed by atoms with E-state index in [1.807, 2.05) is 11.5 Å². The van der Waals surface area contributed by atoms with Gasteiger partial charge in [0.2, 0.25) is 15.9 Å². The lowest BCUT2D eigenvalue weighted by molar-refractivity contribution is -0.113. The van der Waals surface area contributed by atoms with Crippen molar-refractivity contribution in [2.24, 2.45) is 5.14 Å². The molecule has 32 heavy (non-hydrogen) atoms. The van der Waals surface area contributed by atoms with Crippen LogP contribution in [0.1, 0.15) is 42.2 Å². The maximum atomic E-state index is 12.7. The Morgan fingerprint density at radius 2 is 2.12 bits per heavy atom. The van der Waals surface area contributed by atoms with Crippen molar-refractivity contribution in [3.8, 4) is 6.07 Å². The van der Waals surface area contributed by atoms with Gasteiger partial charge in [-0.1, -0.05) is 18.2 Å². The van der Waals surface area contributed by atoms with Crippen LogP contribution in [0.3, 0.4) is 0 Å². The van der Waals surface area contributed by atoms with Gasteiger partial charge in [-0.2, -0.15) is 5.26 Å². The van der Waals surface area contributed by atoms with Gasteiger partial charge < -0.3 is 9.88 Å². The number of carbonyl (C=O) groups excluding carboxylic acids is 1. The third-order valence-corrected chi connectivity index (χ3v) is 8.54. The Morgan fingerprint density at radius 1 is 1.34 bits per heavy atom. The van der Waals surface area contributed by atoms with E-state index in [1.54, 1.807) is 6.07 Å². The quantitative estimate of drug-likeness (QED) is 0.401. The number of nitriles is 1. The lowest BCUT2D eigenvalue weighted by Gasteiger charge is -2.06. The van der Waals surface area contributed by atoms with Crippen LogP contribution in [0.2, 0.25) is 0 Å². The van der Waals surface area contributed by atoms with Crippen molar-refractivity contribution in [3.05, 3.63) is 34.2 Å². The minimum Gasteiger partial charge on any atom is -0.319 e. The van der Waals surface area contributed by atoms with E-state index in [4.69, 9.17) is 5.14 Å². The fraction of sp³-hybridized carbons (Fsp3) is 0.381. The number of sulfonamides is 1. The van der Waals surface area contributed by atoms with Crippen molar-refractivity contribution in [3.63, 3.8) is 0 Å². The average Bonchev–Trinajstić information content (AvgIpc) is 3.18. The van der Waals surface area contributed by atoms with E-state index in [2.05, 4.69) is 16.4 Å². The molecule has 0 radical (unpaired) electrons. The van der Waals surface area contributed by atoms with Gasteiger partial charge in [0, 0.05) is 11.4 Å². The first-order valence-corrected chi connectivity index (χ1v) is 13.7. The molecule has 2 heterocycles. The summed E-state index contributed by atoms with van der Waals surface area (Å²) in [6.07, 6.45) is 5.20. The van der Waals surface area contributed by atoms with Gasteiger partial charge in [0.1, 0.15) is 11.1 Å². The molecule has 1 aliphatic rings. The van der Waals surface area contributed by atoms with Crippen LogP contribution in [0.25, 0.3) is 11.0 Å². The van der Waals surface area contributed by atoms with E-state index in [9.17, 15) is 18.5 Å². The first-order chi connectivity index (χ1) is 15.3. The Labute approximate surface area is 194 Å². The van der Waals surface area contributed by atoms with E-state index in [-0.39, 0.29) is 16.6 Å². The Hall–Kier alpha value is -2.39. The minimum absolute atomic E-state index is 0.00143. The van der Waals surface area contributed by atoms with E-state index < -0.39 is 10.0 Å². The number of hydrogen-bond donors (Lipinski definition) is 2. The van der Waals surface area contributed by atoms with Gasteiger partial charge >= 0.3 is 0 Å². The van der Waals surface area contributed by atoms with Crippen LogP contribution in [-0.2, 0) is 34.2 Å². The second-order valence-corrected chi connectivity index (χ2v) is 11.2. The highest BCUT2D eigenvalue weighted by atomic mass is 32.2. The van der Waals surface area contributed by atoms with Gasteiger partial charge in [-0.15, -0.1) is 11.3 Å². The van der Waals surface area contributed by atoms with Gasteiger partial charge in [-0.25, -0.2) is 18.5 Å². The smallest absolute Gasteiger partial charge is 0.238 e. The number of nitrogens with zero attached hydrogens (tertiary/aromatic N) is 3. The summed E-state index contributed by atoms with van der Waals surface area (Å²) in [6, 6.07) is 6.85. The van der Waals surface area contributed by atoms with Crippen LogP contribution in [0, 0.1) is 11.3 Å². The number of anilines is 1. The Kier molecular flexibility index (Phi) is 6.57. The molecule has 1 amide bonds. The standard InChI is InChI=1S/C21H23N5O3S3/c1-2-26-17-9-8-13(32(23,28)29)10-16(17)24-21(26)30-12-19(27)25-20-15(11-22)14-6-4-3-5-7-18(14)31-20/h8-10H,2-7,12H2,1H3,(H,25,27)(H2,23,28,29). The highest BCUT2D eigenvalue weighted by Gasteiger charge is 2.21. The summed E-state index contributed by atoms with van der Waals surface area (Å²) in [5.74, 6) is -0.0819. The molecule has 1 aromatic carbocycles. The molecule has 0 spiro atoms. The molecule has 1 aliphatic carbocycles. The fourth-order valence-corrected chi connectivity index (χ4v) is 6.59. The van der Waals surface area contributed by atoms with Gasteiger partial charge in [-0.3, -0.25) is 4.79 Å². The van der Waals surface area contributed by atoms with Crippen LogP contribution in [0.4, 0.5) is 5.00 Å². The number of benzene rings is 1. The zero-order chi connectivity index (χ0) is 22.9. The monoisotopic (exact) mass is 489 g/mol.